The van der Waals surface area contributed by atoms with E-state index in [4.69, 9.17) is 9.84 Å². The molecule has 1 rings (SSSR count). The van der Waals surface area contributed by atoms with Crippen LogP contribution >= 0.6 is 0 Å². The number of amides is 1. The molecule has 0 radical (unpaired) electrons. The highest BCUT2D eigenvalue weighted by atomic mass is 19.1. The van der Waals surface area contributed by atoms with Gasteiger partial charge < -0.3 is 15.2 Å². The first-order valence-corrected chi connectivity index (χ1v) is 4.70. The minimum Gasteiger partial charge on any atom is -0.481 e. The van der Waals surface area contributed by atoms with E-state index >= 15 is 0 Å². The average Bonchev–Trinajstić information content (AvgIpc) is 2.26. The highest BCUT2D eigenvalue weighted by Gasteiger charge is 2.13. The van der Waals surface area contributed by atoms with Crippen LogP contribution in [-0.2, 0) is 0 Å². The van der Waals surface area contributed by atoms with Crippen LogP contribution in [0.2, 0.25) is 0 Å². The second kappa shape index (κ2) is 5.41. The summed E-state index contributed by atoms with van der Waals surface area (Å²) in [6, 6.07) is 1.20. The summed E-state index contributed by atoms with van der Waals surface area (Å²) >= 11 is 0. The zero-order chi connectivity index (χ0) is 12.1. The van der Waals surface area contributed by atoms with E-state index in [1.165, 1.54) is 20.1 Å². The van der Waals surface area contributed by atoms with Gasteiger partial charge in [-0.2, -0.15) is 0 Å². The average molecular weight is 228 g/mol. The molecule has 88 valence electrons. The third-order valence-electron chi connectivity index (χ3n) is 1.84. The third kappa shape index (κ3) is 3.16. The Hall–Kier alpha value is -1.69. The Balaban J connectivity index is 2.81. The number of carbonyl (C=O) groups excluding carboxylic acids is 1. The van der Waals surface area contributed by atoms with Gasteiger partial charge in [0.25, 0.3) is 5.91 Å². The quantitative estimate of drug-likeness (QED) is 0.779. The van der Waals surface area contributed by atoms with Crippen molar-refractivity contribution in [2.24, 2.45) is 0 Å². The lowest BCUT2D eigenvalue weighted by Crippen LogP contribution is -2.31. The first-order chi connectivity index (χ1) is 7.54. The Morgan fingerprint density at radius 2 is 2.44 bits per heavy atom. The van der Waals surface area contributed by atoms with Crippen LogP contribution in [0, 0.1) is 5.82 Å². The van der Waals surface area contributed by atoms with E-state index in [2.05, 4.69) is 10.3 Å². The van der Waals surface area contributed by atoms with Crippen LogP contribution in [0.1, 0.15) is 17.3 Å². The fraction of sp³-hybridized carbons (Fsp3) is 0.400. The highest BCUT2D eigenvalue weighted by molar-refractivity contribution is 5.94. The first-order valence-electron chi connectivity index (χ1n) is 4.70. The summed E-state index contributed by atoms with van der Waals surface area (Å²) in [4.78, 5) is 15.1. The number of aliphatic hydroxyl groups is 1. The minimum absolute atomic E-state index is 0.0584. The predicted octanol–water partition coefficient (Wildman–Crippen LogP) is 0.340. The van der Waals surface area contributed by atoms with Crippen molar-refractivity contribution in [2.75, 3.05) is 13.7 Å². The number of aromatic nitrogens is 1. The fourth-order valence-electron chi connectivity index (χ4n) is 1.04. The summed E-state index contributed by atoms with van der Waals surface area (Å²) in [5, 5.41) is 11.4. The molecule has 6 heteroatoms. The van der Waals surface area contributed by atoms with Gasteiger partial charge in [-0.1, -0.05) is 0 Å². The second-order valence-corrected chi connectivity index (χ2v) is 3.27. The number of nitrogens with one attached hydrogen (secondary N) is 1. The van der Waals surface area contributed by atoms with Crippen LogP contribution < -0.4 is 10.1 Å². The third-order valence-corrected chi connectivity index (χ3v) is 1.84. The standard InChI is InChI=1S/C10H13FN2O3/c1-6(14)4-13-10(15)7-3-9(16-2)12-5-8(7)11/h3,5-6,14H,4H2,1-2H3,(H,13,15)/t6-/m1/s1. The largest absolute Gasteiger partial charge is 0.481 e. The SMILES string of the molecule is COc1cc(C(=O)NC[C@@H](C)O)c(F)cn1. The summed E-state index contributed by atoms with van der Waals surface area (Å²) in [5.74, 6) is -1.19. The normalized spacial score (nSPS) is 12.0. The molecule has 0 aliphatic rings. The van der Waals surface area contributed by atoms with E-state index < -0.39 is 17.8 Å². The number of rotatable bonds is 4. The number of carbonyl (C=O) groups is 1. The summed E-state index contributed by atoms with van der Waals surface area (Å²) in [5.41, 5.74) is -0.160. The lowest BCUT2D eigenvalue weighted by molar-refractivity contribution is 0.0919. The van der Waals surface area contributed by atoms with Gasteiger partial charge in [-0.3, -0.25) is 4.79 Å². The molecule has 0 fully saturated rings. The number of ether oxygens (including phenoxy) is 1. The van der Waals surface area contributed by atoms with Gasteiger partial charge in [0.05, 0.1) is 25.0 Å². The number of hydrogen-bond donors (Lipinski definition) is 2. The number of aliphatic hydroxyl groups excluding tert-OH is 1. The summed E-state index contributed by atoms with van der Waals surface area (Å²) in [6.45, 7) is 1.58. The van der Waals surface area contributed by atoms with Gasteiger partial charge in [-0.05, 0) is 6.92 Å². The van der Waals surface area contributed by atoms with E-state index in [0.29, 0.717) is 0 Å². The van der Waals surface area contributed by atoms with E-state index in [-0.39, 0.29) is 18.0 Å². The zero-order valence-corrected chi connectivity index (χ0v) is 9.03. The van der Waals surface area contributed by atoms with Gasteiger partial charge in [-0.25, -0.2) is 9.37 Å². The molecule has 16 heavy (non-hydrogen) atoms. The molecule has 1 heterocycles. The van der Waals surface area contributed by atoms with Gasteiger partial charge in [0.2, 0.25) is 5.88 Å². The topological polar surface area (TPSA) is 71.5 Å². The molecular formula is C10H13FN2O3. The Morgan fingerprint density at radius 1 is 1.75 bits per heavy atom. The molecule has 2 N–H and O–H groups in total. The van der Waals surface area contributed by atoms with Crippen molar-refractivity contribution in [1.82, 2.24) is 10.3 Å². The van der Waals surface area contributed by atoms with Crippen LogP contribution in [-0.4, -0.2) is 35.8 Å². The van der Waals surface area contributed by atoms with Crippen molar-refractivity contribution >= 4 is 5.91 Å². The number of nitrogens with zero attached hydrogens (tertiary/aromatic N) is 1. The van der Waals surface area contributed by atoms with Crippen molar-refractivity contribution in [3.05, 3.63) is 23.6 Å². The zero-order valence-electron chi connectivity index (χ0n) is 9.03. The Morgan fingerprint density at radius 3 is 3.00 bits per heavy atom. The summed E-state index contributed by atoms with van der Waals surface area (Å²) in [6.07, 6.45) is 0.228. The van der Waals surface area contributed by atoms with Gasteiger partial charge in [0, 0.05) is 12.6 Å². The molecule has 0 bridgehead atoms. The van der Waals surface area contributed by atoms with Crippen molar-refractivity contribution in [1.29, 1.82) is 0 Å². The lowest BCUT2D eigenvalue weighted by atomic mass is 10.2. The van der Waals surface area contributed by atoms with Crippen molar-refractivity contribution in [3.8, 4) is 5.88 Å². The molecule has 0 aliphatic heterocycles. The van der Waals surface area contributed by atoms with Crippen molar-refractivity contribution < 1.29 is 19.0 Å². The fourth-order valence-corrected chi connectivity index (χ4v) is 1.04. The molecule has 0 saturated carbocycles. The lowest BCUT2D eigenvalue weighted by Gasteiger charge is -2.08. The Kier molecular flexibility index (Phi) is 4.19. The van der Waals surface area contributed by atoms with E-state index in [1.807, 2.05) is 0 Å². The molecule has 1 aromatic heterocycles. The van der Waals surface area contributed by atoms with E-state index in [0.717, 1.165) is 6.20 Å². The molecule has 1 atom stereocenters. The molecule has 1 amide bonds. The molecule has 0 saturated heterocycles. The van der Waals surface area contributed by atoms with Gasteiger partial charge in [0.1, 0.15) is 0 Å². The molecule has 0 aromatic carbocycles. The highest BCUT2D eigenvalue weighted by Crippen LogP contribution is 2.12. The second-order valence-electron chi connectivity index (χ2n) is 3.27. The first kappa shape index (κ1) is 12.4. The van der Waals surface area contributed by atoms with Crippen LogP contribution in [0.3, 0.4) is 0 Å². The molecule has 5 nitrogen and oxygen atoms in total. The van der Waals surface area contributed by atoms with Gasteiger partial charge >= 0.3 is 0 Å². The number of pyridine rings is 1. The number of hydrogen-bond acceptors (Lipinski definition) is 4. The molecule has 0 unspecified atom stereocenters. The van der Waals surface area contributed by atoms with Crippen LogP contribution in [0.15, 0.2) is 12.3 Å². The number of methoxy groups -OCH3 is 1. The van der Waals surface area contributed by atoms with Crippen LogP contribution in [0.25, 0.3) is 0 Å². The van der Waals surface area contributed by atoms with Crippen molar-refractivity contribution in [3.63, 3.8) is 0 Å². The number of halogens is 1. The van der Waals surface area contributed by atoms with Crippen molar-refractivity contribution in [2.45, 2.75) is 13.0 Å². The molecular weight excluding hydrogens is 215 g/mol. The van der Waals surface area contributed by atoms with Crippen LogP contribution in [0.5, 0.6) is 5.88 Å². The van der Waals surface area contributed by atoms with E-state index in [1.54, 1.807) is 0 Å². The monoisotopic (exact) mass is 228 g/mol. The smallest absolute Gasteiger partial charge is 0.254 e. The summed E-state index contributed by atoms with van der Waals surface area (Å²) < 4.78 is 18.0. The van der Waals surface area contributed by atoms with E-state index in [9.17, 15) is 9.18 Å². The van der Waals surface area contributed by atoms with Gasteiger partial charge in [-0.15, -0.1) is 0 Å². The maximum absolute atomic E-state index is 13.2. The van der Waals surface area contributed by atoms with Gasteiger partial charge in [0.15, 0.2) is 5.82 Å². The Labute approximate surface area is 92.3 Å². The van der Waals surface area contributed by atoms with Crippen LogP contribution in [0.4, 0.5) is 4.39 Å². The maximum Gasteiger partial charge on any atom is 0.254 e. The maximum atomic E-state index is 13.2. The predicted molar refractivity (Wildman–Crippen MR) is 54.8 cm³/mol. The Bertz CT molecular complexity index is 382. The summed E-state index contributed by atoms with van der Waals surface area (Å²) in [7, 11) is 1.37. The minimum atomic E-state index is -0.733. The molecule has 0 spiro atoms. The molecule has 1 aromatic rings. The molecule has 0 aliphatic carbocycles.